The molecule has 1 saturated heterocycles. The van der Waals surface area contributed by atoms with E-state index < -0.39 is 0 Å². The van der Waals surface area contributed by atoms with Crippen LogP contribution in [-0.4, -0.2) is 26.6 Å². The first-order chi connectivity index (χ1) is 9.82. The maximum absolute atomic E-state index is 9.43. The number of nitrogens with zero attached hydrogens (tertiary/aromatic N) is 3. The molecule has 2 aromatic rings. The molecule has 1 fully saturated rings. The van der Waals surface area contributed by atoms with Crippen molar-refractivity contribution in [2.75, 3.05) is 5.32 Å². The quantitative estimate of drug-likeness (QED) is 0.921. The molecule has 5 heteroatoms. The summed E-state index contributed by atoms with van der Waals surface area (Å²) in [6.45, 7) is 8.32. The van der Waals surface area contributed by atoms with Gasteiger partial charge in [-0.25, -0.2) is 4.98 Å². The van der Waals surface area contributed by atoms with Crippen LogP contribution in [0.25, 0.3) is 5.65 Å². The van der Waals surface area contributed by atoms with Gasteiger partial charge in [0.25, 0.3) is 0 Å². The van der Waals surface area contributed by atoms with Crippen molar-refractivity contribution in [1.29, 1.82) is 5.26 Å². The molecule has 5 nitrogen and oxygen atoms in total. The molecule has 0 aromatic carbocycles. The molecule has 0 radical (unpaired) electrons. The van der Waals surface area contributed by atoms with Crippen LogP contribution in [0.3, 0.4) is 0 Å². The first kappa shape index (κ1) is 13.9. The molecule has 0 aliphatic carbocycles. The van der Waals surface area contributed by atoms with Crippen molar-refractivity contribution in [2.24, 2.45) is 0 Å². The predicted molar refractivity (Wildman–Crippen MR) is 81.2 cm³/mol. The number of imidazole rings is 1. The van der Waals surface area contributed by atoms with Crippen molar-refractivity contribution in [2.45, 2.75) is 51.4 Å². The summed E-state index contributed by atoms with van der Waals surface area (Å²) in [6.07, 6.45) is 2.73. The molecule has 0 bridgehead atoms. The van der Waals surface area contributed by atoms with Gasteiger partial charge in [0.05, 0.1) is 17.2 Å². The van der Waals surface area contributed by atoms with Crippen molar-refractivity contribution in [3.63, 3.8) is 0 Å². The Kier molecular flexibility index (Phi) is 2.96. The second-order valence-corrected chi connectivity index (χ2v) is 6.72. The lowest BCUT2D eigenvalue weighted by molar-refractivity contribution is -0.0662. The van der Waals surface area contributed by atoms with Crippen LogP contribution >= 0.6 is 0 Å². The van der Waals surface area contributed by atoms with Gasteiger partial charge in [0, 0.05) is 6.20 Å². The highest BCUT2D eigenvalue weighted by molar-refractivity contribution is 5.59. The third kappa shape index (κ3) is 2.36. The zero-order valence-electron chi connectivity index (χ0n) is 12.8. The molecule has 1 atom stereocenters. The predicted octanol–water partition coefficient (Wildman–Crippen LogP) is 2.96. The van der Waals surface area contributed by atoms with Gasteiger partial charge < -0.3 is 10.1 Å². The maximum atomic E-state index is 9.43. The van der Waals surface area contributed by atoms with Gasteiger partial charge in [0.1, 0.15) is 11.7 Å². The minimum Gasteiger partial charge on any atom is -0.367 e. The van der Waals surface area contributed by atoms with E-state index in [1.807, 2.05) is 24.4 Å². The Morgan fingerprint density at radius 3 is 2.76 bits per heavy atom. The summed E-state index contributed by atoms with van der Waals surface area (Å²) in [4.78, 5) is 4.53. The molecule has 110 valence electrons. The normalized spacial score (nSPS) is 23.1. The third-order valence-corrected chi connectivity index (χ3v) is 4.02. The molecule has 0 spiro atoms. The number of rotatable bonds is 2. The van der Waals surface area contributed by atoms with Gasteiger partial charge in [-0.2, -0.15) is 5.26 Å². The first-order valence-corrected chi connectivity index (χ1v) is 7.16. The number of hydrogen-bond acceptors (Lipinski definition) is 4. The van der Waals surface area contributed by atoms with Gasteiger partial charge >= 0.3 is 0 Å². The lowest BCUT2D eigenvalue weighted by Gasteiger charge is -2.27. The zero-order valence-corrected chi connectivity index (χ0v) is 12.8. The number of nitrogens with one attached hydrogen (secondary N) is 1. The molecule has 21 heavy (non-hydrogen) atoms. The Balaban J connectivity index is 1.98. The fraction of sp³-hybridized carbons (Fsp3) is 0.500. The highest BCUT2D eigenvalue weighted by Gasteiger charge is 2.46. The average Bonchev–Trinajstić information content (AvgIpc) is 2.82. The zero-order chi connectivity index (χ0) is 15.3. The van der Waals surface area contributed by atoms with Crippen molar-refractivity contribution in [1.82, 2.24) is 9.38 Å². The number of hydrogen-bond donors (Lipinski definition) is 1. The van der Waals surface area contributed by atoms with Gasteiger partial charge in [-0.1, -0.05) is 6.07 Å². The minimum atomic E-state index is -0.300. The van der Waals surface area contributed by atoms with Gasteiger partial charge in [-0.3, -0.25) is 4.40 Å². The molecule has 0 saturated carbocycles. The average molecular weight is 284 g/mol. The van der Waals surface area contributed by atoms with Crippen LogP contribution in [0.5, 0.6) is 0 Å². The number of nitriles is 1. The van der Waals surface area contributed by atoms with E-state index in [1.165, 1.54) is 0 Å². The van der Waals surface area contributed by atoms with Crippen LogP contribution in [0.1, 0.15) is 39.8 Å². The van der Waals surface area contributed by atoms with Crippen LogP contribution in [0.2, 0.25) is 0 Å². The van der Waals surface area contributed by atoms with E-state index in [1.54, 1.807) is 4.40 Å². The summed E-state index contributed by atoms with van der Waals surface area (Å²) in [5.74, 6) is 0.628. The molecule has 1 unspecified atom stereocenters. The highest BCUT2D eigenvalue weighted by atomic mass is 16.5. The third-order valence-electron chi connectivity index (χ3n) is 4.02. The molecule has 2 aromatic heterocycles. The van der Waals surface area contributed by atoms with Crippen LogP contribution in [0, 0.1) is 11.3 Å². The topological polar surface area (TPSA) is 62.4 Å². The van der Waals surface area contributed by atoms with E-state index in [0.717, 1.165) is 12.1 Å². The monoisotopic (exact) mass is 284 g/mol. The minimum absolute atomic E-state index is 0.115. The fourth-order valence-electron chi connectivity index (χ4n) is 3.16. The van der Waals surface area contributed by atoms with E-state index in [4.69, 9.17) is 4.74 Å². The molecule has 1 aliphatic heterocycles. The standard InChI is InChI=1S/C16H20N4O/c1-15(2)9-12(16(3,4)21-15)18-14-11(10-17)20-8-6-5-7-13(20)19-14/h5-8,12,18H,9H2,1-4H3. The maximum Gasteiger partial charge on any atom is 0.168 e. The van der Waals surface area contributed by atoms with E-state index in [-0.39, 0.29) is 17.2 Å². The van der Waals surface area contributed by atoms with Crippen molar-refractivity contribution >= 4 is 11.5 Å². The van der Waals surface area contributed by atoms with Crippen LogP contribution in [0.15, 0.2) is 24.4 Å². The molecule has 1 N–H and O–H groups in total. The summed E-state index contributed by atoms with van der Waals surface area (Å²) in [5, 5.41) is 12.8. The van der Waals surface area contributed by atoms with E-state index in [9.17, 15) is 5.26 Å². The van der Waals surface area contributed by atoms with E-state index in [0.29, 0.717) is 11.5 Å². The molecule has 3 heterocycles. The van der Waals surface area contributed by atoms with Crippen molar-refractivity contribution in [3.05, 3.63) is 30.1 Å². The Morgan fingerprint density at radius 1 is 1.38 bits per heavy atom. The highest BCUT2D eigenvalue weighted by Crippen LogP contribution is 2.39. The summed E-state index contributed by atoms with van der Waals surface area (Å²) in [7, 11) is 0. The number of ether oxygens (including phenoxy) is 1. The summed E-state index contributed by atoms with van der Waals surface area (Å²) in [6, 6.07) is 8.06. The second kappa shape index (κ2) is 4.47. The number of pyridine rings is 1. The molecular weight excluding hydrogens is 264 g/mol. The summed E-state index contributed by atoms with van der Waals surface area (Å²) >= 11 is 0. The summed E-state index contributed by atoms with van der Waals surface area (Å²) in [5.41, 5.74) is 0.831. The van der Waals surface area contributed by atoms with Crippen LogP contribution in [0.4, 0.5) is 5.82 Å². The SMILES string of the molecule is CC1(C)CC(Nc2nc3ccccn3c2C#N)C(C)(C)O1. The van der Waals surface area contributed by atoms with Crippen molar-refractivity contribution in [3.8, 4) is 6.07 Å². The number of aromatic nitrogens is 2. The van der Waals surface area contributed by atoms with Gasteiger partial charge in [0.2, 0.25) is 0 Å². The van der Waals surface area contributed by atoms with Crippen molar-refractivity contribution < 1.29 is 4.74 Å². The number of anilines is 1. The molecule has 0 amide bonds. The number of fused-ring (bicyclic) bond motifs is 1. The summed E-state index contributed by atoms with van der Waals surface area (Å²) < 4.78 is 7.89. The lowest BCUT2D eigenvalue weighted by Crippen LogP contribution is -2.38. The smallest absolute Gasteiger partial charge is 0.168 e. The molecular formula is C16H20N4O. The van der Waals surface area contributed by atoms with E-state index in [2.05, 4.69) is 44.1 Å². The Bertz CT molecular complexity index is 723. The molecule has 3 rings (SSSR count). The largest absolute Gasteiger partial charge is 0.367 e. The van der Waals surface area contributed by atoms with E-state index >= 15 is 0 Å². The Morgan fingerprint density at radius 2 is 2.14 bits per heavy atom. The van der Waals surface area contributed by atoms with Gasteiger partial charge in [-0.15, -0.1) is 0 Å². The van der Waals surface area contributed by atoms with Gasteiger partial charge in [-0.05, 0) is 46.2 Å². The van der Waals surface area contributed by atoms with Crippen LogP contribution in [-0.2, 0) is 4.74 Å². The van der Waals surface area contributed by atoms with Gasteiger partial charge in [0.15, 0.2) is 11.5 Å². The first-order valence-electron chi connectivity index (χ1n) is 7.16. The Hall–Kier alpha value is -2.06. The Labute approximate surface area is 124 Å². The molecule has 1 aliphatic rings. The lowest BCUT2D eigenvalue weighted by atomic mass is 9.94. The fourth-order valence-corrected chi connectivity index (χ4v) is 3.16. The van der Waals surface area contributed by atoms with Crippen LogP contribution < -0.4 is 5.32 Å². The second-order valence-electron chi connectivity index (χ2n) is 6.72.